The minimum atomic E-state index is 0.0916. The van der Waals surface area contributed by atoms with Crippen LogP contribution in [0.3, 0.4) is 0 Å². The van der Waals surface area contributed by atoms with Gasteiger partial charge in [0.25, 0.3) is 0 Å². The third kappa shape index (κ3) is 4.03. The van der Waals surface area contributed by atoms with Crippen molar-refractivity contribution < 1.29 is 9.59 Å². The number of amides is 1. The summed E-state index contributed by atoms with van der Waals surface area (Å²) in [4.78, 5) is 27.7. The van der Waals surface area contributed by atoms with Crippen molar-refractivity contribution >= 4 is 11.7 Å². The van der Waals surface area contributed by atoms with E-state index >= 15 is 0 Å². The van der Waals surface area contributed by atoms with Crippen LogP contribution in [0.2, 0.25) is 0 Å². The molecule has 1 unspecified atom stereocenters. The van der Waals surface area contributed by atoms with Crippen molar-refractivity contribution in [3.8, 4) is 0 Å². The molecule has 0 radical (unpaired) electrons. The Hall–Kier alpha value is -0.900. The van der Waals surface area contributed by atoms with Crippen molar-refractivity contribution in [1.82, 2.24) is 9.80 Å². The molecule has 2 rings (SSSR count). The number of nitrogens with zero attached hydrogens (tertiary/aromatic N) is 2. The van der Waals surface area contributed by atoms with Gasteiger partial charge in [-0.05, 0) is 45.2 Å². The van der Waals surface area contributed by atoms with Crippen LogP contribution in [0.4, 0.5) is 0 Å². The van der Waals surface area contributed by atoms with Crippen molar-refractivity contribution in [2.45, 2.75) is 38.5 Å². The molecular formula is C15H26N2O2. The molecule has 0 aromatic carbocycles. The van der Waals surface area contributed by atoms with E-state index in [1.807, 2.05) is 11.9 Å². The molecule has 1 atom stereocenters. The van der Waals surface area contributed by atoms with Gasteiger partial charge in [0.15, 0.2) is 0 Å². The molecule has 0 spiro atoms. The molecular weight excluding hydrogens is 240 g/mol. The normalized spacial score (nSPS) is 25.8. The van der Waals surface area contributed by atoms with Gasteiger partial charge < -0.3 is 9.80 Å². The van der Waals surface area contributed by atoms with Crippen LogP contribution in [0.15, 0.2) is 0 Å². The van der Waals surface area contributed by atoms with Crippen LogP contribution in [-0.4, -0.2) is 55.2 Å². The van der Waals surface area contributed by atoms with Crippen LogP contribution in [0.5, 0.6) is 0 Å². The highest BCUT2D eigenvalue weighted by Gasteiger charge is 2.27. The average molecular weight is 266 g/mol. The molecule has 2 aliphatic rings. The van der Waals surface area contributed by atoms with E-state index in [-0.39, 0.29) is 11.8 Å². The molecule has 19 heavy (non-hydrogen) atoms. The molecule has 108 valence electrons. The van der Waals surface area contributed by atoms with Gasteiger partial charge in [-0.3, -0.25) is 9.59 Å². The van der Waals surface area contributed by atoms with Crippen LogP contribution in [-0.2, 0) is 9.59 Å². The van der Waals surface area contributed by atoms with E-state index in [9.17, 15) is 9.59 Å². The average Bonchev–Trinajstić information content (AvgIpc) is 2.82. The summed E-state index contributed by atoms with van der Waals surface area (Å²) in [5.74, 6) is 1.40. The SMILES string of the molecule is CN1CCC(CCN(C)C(=O)C2CCC(=O)CC2)C1. The Kier molecular flexibility index (Phi) is 4.97. The van der Waals surface area contributed by atoms with E-state index in [4.69, 9.17) is 0 Å². The summed E-state index contributed by atoms with van der Waals surface area (Å²) in [6.07, 6.45) is 5.08. The lowest BCUT2D eigenvalue weighted by atomic mass is 9.87. The van der Waals surface area contributed by atoms with Crippen molar-refractivity contribution in [2.24, 2.45) is 11.8 Å². The Morgan fingerprint density at radius 3 is 2.58 bits per heavy atom. The summed E-state index contributed by atoms with van der Waals surface area (Å²) in [6, 6.07) is 0. The van der Waals surface area contributed by atoms with Gasteiger partial charge in [-0.1, -0.05) is 0 Å². The van der Waals surface area contributed by atoms with E-state index < -0.39 is 0 Å². The Balaban J connectivity index is 1.71. The van der Waals surface area contributed by atoms with Gasteiger partial charge in [0.2, 0.25) is 5.91 Å². The number of likely N-dealkylation sites (tertiary alicyclic amines) is 1. The molecule has 0 bridgehead atoms. The van der Waals surface area contributed by atoms with Crippen LogP contribution in [0.25, 0.3) is 0 Å². The maximum Gasteiger partial charge on any atom is 0.225 e. The maximum absolute atomic E-state index is 12.3. The second-order valence-corrected chi connectivity index (χ2v) is 6.28. The molecule has 1 saturated heterocycles. The van der Waals surface area contributed by atoms with Crippen molar-refractivity contribution in [1.29, 1.82) is 0 Å². The number of ketones is 1. The summed E-state index contributed by atoms with van der Waals surface area (Å²) in [5, 5.41) is 0. The third-order valence-corrected chi connectivity index (χ3v) is 4.63. The minimum Gasteiger partial charge on any atom is -0.346 e. The van der Waals surface area contributed by atoms with E-state index in [0.29, 0.717) is 18.6 Å². The Morgan fingerprint density at radius 2 is 2.00 bits per heavy atom. The summed E-state index contributed by atoms with van der Waals surface area (Å²) >= 11 is 0. The van der Waals surface area contributed by atoms with Gasteiger partial charge in [-0.25, -0.2) is 0 Å². The lowest BCUT2D eigenvalue weighted by molar-refractivity contribution is -0.136. The molecule has 4 heteroatoms. The first-order valence-electron chi connectivity index (χ1n) is 7.51. The lowest BCUT2D eigenvalue weighted by Crippen LogP contribution is -2.36. The van der Waals surface area contributed by atoms with Crippen LogP contribution >= 0.6 is 0 Å². The summed E-state index contributed by atoms with van der Waals surface area (Å²) in [5.41, 5.74) is 0. The molecule has 0 aromatic heterocycles. The molecule has 1 aliphatic heterocycles. The molecule has 1 amide bonds. The molecule has 0 aromatic rings. The second kappa shape index (κ2) is 6.51. The zero-order chi connectivity index (χ0) is 13.8. The highest BCUT2D eigenvalue weighted by molar-refractivity contribution is 5.84. The van der Waals surface area contributed by atoms with Crippen LogP contribution in [0.1, 0.15) is 38.5 Å². The van der Waals surface area contributed by atoms with Crippen molar-refractivity contribution in [2.75, 3.05) is 33.7 Å². The quantitative estimate of drug-likeness (QED) is 0.775. The standard InChI is InChI=1S/C15H26N2O2/c1-16-9-7-12(11-16)8-10-17(2)15(19)13-3-5-14(18)6-4-13/h12-13H,3-11H2,1-2H3. The number of Topliss-reactive ketones (excluding diaryl/α,β-unsaturated/α-hetero) is 1. The predicted molar refractivity (Wildman–Crippen MR) is 74.8 cm³/mol. The van der Waals surface area contributed by atoms with Gasteiger partial charge in [0, 0.05) is 38.9 Å². The largest absolute Gasteiger partial charge is 0.346 e. The number of hydrogen-bond donors (Lipinski definition) is 0. The second-order valence-electron chi connectivity index (χ2n) is 6.28. The lowest BCUT2D eigenvalue weighted by Gasteiger charge is -2.26. The van der Waals surface area contributed by atoms with E-state index in [2.05, 4.69) is 11.9 Å². The van der Waals surface area contributed by atoms with E-state index in [0.717, 1.165) is 31.7 Å². The van der Waals surface area contributed by atoms with Gasteiger partial charge in [0.05, 0.1) is 0 Å². The highest BCUT2D eigenvalue weighted by atomic mass is 16.2. The Morgan fingerprint density at radius 1 is 1.32 bits per heavy atom. The number of carbonyl (C=O) groups is 2. The molecule has 1 saturated carbocycles. The fraction of sp³-hybridized carbons (Fsp3) is 0.867. The fourth-order valence-corrected chi connectivity index (χ4v) is 3.25. The fourth-order valence-electron chi connectivity index (χ4n) is 3.25. The summed E-state index contributed by atoms with van der Waals surface area (Å²) in [7, 11) is 4.07. The zero-order valence-corrected chi connectivity index (χ0v) is 12.2. The number of rotatable bonds is 4. The van der Waals surface area contributed by atoms with Crippen molar-refractivity contribution in [3.63, 3.8) is 0 Å². The molecule has 4 nitrogen and oxygen atoms in total. The Bertz CT molecular complexity index is 333. The monoisotopic (exact) mass is 266 g/mol. The highest BCUT2D eigenvalue weighted by Crippen LogP contribution is 2.24. The third-order valence-electron chi connectivity index (χ3n) is 4.63. The smallest absolute Gasteiger partial charge is 0.225 e. The molecule has 2 fully saturated rings. The summed E-state index contributed by atoms with van der Waals surface area (Å²) < 4.78 is 0. The first-order valence-corrected chi connectivity index (χ1v) is 7.51. The number of hydrogen-bond acceptors (Lipinski definition) is 3. The summed E-state index contributed by atoms with van der Waals surface area (Å²) in [6.45, 7) is 3.22. The van der Waals surface area contributed by atoms with Crippen LogP contribution in [0, 0.1) is 11.8 Å². The van der Waals surface area contributed by atoms with Crippen molar-refractivity contribution in [3.05, 3.63) is 0 Å². The van der Waals surface area contributed by atoms with Gasteiger partial charge in [-0.2, -0.15) is 0 Å². The first-order chi connectivity index (χ1) is 9.06. The maximum atomic E-state index is 12.3. The Labute approximate surface area is 116 Å². The topological polar surface area (TPSA) is 40.6 Å². The zero-order valence-electron chi connectivity index (χ0n) is 12.2. The van der Waals surface area contributed by atoms with E-state index in [1.165, 1.54) is 19.5 Å². The van der Waals surface area contributed by atoms with Crippen LogP contribution < -0.4 is 0 Å². The predicted octanol–water partition coefficient (Wildman–Crippen LogP) is 1.55. The van der Waals surface area contributed by atoms with E-state index in [1.54, 1.807) is 0 Å². The first kappa shape index (κ1) is 14.5. The molecule has 1 heterocycles. The number of carbonyl (C=O) groups excluding carboxylic acids is 2. The minimum absolute atomic E-state index is 0.0916. The van der Waals surface area contributed by atoms with Gasteiger partial charge >= 0.3 is 0 Å². The van der Waals surface area contributed by atoms with Gasteiger partial charge in [-0.15, -0.1) is 0 Å². The molecule has 0 N–H and O–H groups in total. The van der Waals surface area contributed by atoms with Gasteiger partial charge in [0.1, 0.15) is 5.78 Å². The molecule has 1 aliphatic carbocycles.